The van der Waals surface area contributed by atoms with E-state index in [9.17, 15) is 0 Å². The van der Waals surface area contributed by atoms with Crippen molar-refractivity contribution in [1.82, 2.24) is 4.98 Å². The highest BCUT2D eigenvalue weighted by molar-refractivity contribution is 5.91. The summed E-state index contributed by atoms with van der Waals surface area (Å²) in [5, 5.41) is 0.876. The van der Waals surface area contributed by atoms with Gasteiger partial charge in [-0.3, -0.25) is 4.98 Å². The van der Waals surface area contributed by atoms with Crippen LogP contribution in [0.4, 0.5) is 0 Å². The average molecular weight is 219 g/mol. The molecule has 0 spiro atoms. The van der Waals surface area contributed by atoms with Crippen molar-refractivity contribution in [2.24, 2.45) is 0 Å². The van der Waals surface area contributed by atoms with E-state index < -0.39 is 0 Å². The summed E-state index contributed by atoms with van der Waals surface area (Å²) in [6.45, 7) is 0. The Balaban J connectivity index is 2.78. The number of rotatable bonds is 3. The monoisotopic (exact) mass is 219 g/mol. The molecule has 1 aromatic carbocycles. The second-order valence-electron chi connectivity index (χ2n) is 3.24. The first-order chi connectivity index (χ1) is 7.80. The predicted molar refractivity (Wildman–Crippen MR) is 61.4 cm³/mol. The van der Waals surface area contributed by atoms with Gasteiger partial charge in [-0.1, -0.05) is 0 Å². The number of nitrogens with zero attached hydrogens (tertiary/aromatic N) is 1. The predicted octanol–water partition coefficient (Wildman–Crippen LogP) is 2.26. The molecule has 0 radical (unpaired) electrons. The Morgan fingerprint density at radius 1 is 0.938 bits per heavy atom. The molecule has 0 aliphatic heterocycles. The van der Waals surface area contributed by atoms with Crippen LogP contribution in [0.3, 0.4) is 0 Å². The number of hydrogen-bond acceptors (Lipinski definition) is 4. The topological polar surface area (TPSA) is 40.6 Å². The van der Waals surface area contributed by atoms with Crippen LogP contribution in [0.1, 0.15) is 0 Å². The van der Waals surface area contributed by atoms with Crippen LogP contribution in [0.15, 0.2) is 24.4 Å². The molecule has 2 rings (SSSR count). The molecular formula is C12H13NO3. The maximum atomic E-state index is 5.28. The molecule has 0 saturated heterocycles. The van der Waals surface area contributed by atoms with Gasteiger partial charge in [-0.15, -0.1) is 0 Å². The summed E-state index contributed by atoms with van der Waals surface area (Å²) in [4.78, 5) is 4.28. The normalized spacial score (nSPS) is 10.2. The third kappa shape index (κ3) is 1.62. The average Bonchev–Trinajstić information content (AvgIpc) is 2.36. The van der Waals surface area contributed by atoms with Crippen LogP contribution >= 0.6 is 0 Å². The van der Waals surface area contributed by atoms with Crippen LogP contribution < -0.4 is 14.2 Å². The molecule has 0 saturated carbocycles. The van der Waals surface area contributed by atoms with Gasteiger partial charge < -0.3 is 14.2 Å². The van der Waals surface area contributed by atoms with E-state index in [0.717, 1.165) is 22.4 Å². The molecule has 1 heterocycles. The van der Waals surface area contributed by atoms with Crippen LogP contribution in [0.2, 0.25) is 0 Å². The van der Waals surface area contributed by atoms with Crippen LogP contribution in [-0.2, 0) is 0 Å². The molecule has 16 heavy (non-hydrogen) atoms. The minimum atomic E-state index is 0.674. The van der Waals surface area contributed by atoms with Gasteiger partial charge in [0.2, 0.25) is 0 Å². The van der Waals surface area contributed by atoms with E-state index in [-0.39, 0.29) is 0 Å². The highest BCUT2D eigenvalue weighted by Gasteiger charge is 2.09. The van der Waals surface area contributed by atoms with Crippen molar-refractivity contribution < 1.29 is 14.2 Å². The second kappa shape index (κ2) is 4.26. The maximum absolute atomic E-state index is 5.28. The summed E-state index contributed by atoms with van der Waals surface area (Å²) < 4.78 is 15.7. The first-order valence-electron chi connectivity index (χ1n) is 4.85. The van der Waals surface area contributed by atoms with Gasteiger partial charge in [0.1, 0.15) is 22.8 Å². The molecule has 0 fully saturated rings. The Kier molecular flexibility index (Phi) is 2.81. The van der Waals surface area contributed by atoms with Gasteiger partial charge in [0.05, 0.1) is 21.3 Å². The molecule has 0 N–H and O–H groups in total. The lowest BCUT2D eigenvalue weighted by Crippen LogP contribution is -1.93. The summed E-state index contributed by atoms with van der Waals surface area (Å²) in [6.07, 6.45) is 1.69. The smallest absolute Gasteiger partial charge is 0.148 e. The molecule has 1 aromatic heterocycles. The van der Waals surface area contributed by atoms with E-state index in [1.54, 1.807) is 39.7 Å². The Hall–Kier alpha value is -1.97. The fourth-order valence-electron chi connectivity index (χ4n) is 1.62. The van der Waals surface area contributed by atoms with Crippen LogP contribution in [-0.4, -0.2) is 26.3 Å². The van der Waals surface area contributed by atoms with E-state index in [1.807, 2.05) is 6.07 Å². The van der Waals surface area contributed by atoms with Crippen molar-refractivity contribution in [3.63, 3.8) is 0 Å². The lowest BCUT2D eigenvalue weighted by Gasteiger charge is -2.10. The van der Waals surface area contributed by atoms with E-state index in [0.29, 0.717) is 5.75 Å². The van der Waals surface area contributed by atoms with E-state index >= 15 is 0 Å². The second-order valence-corrected chi connectivity index (χ2v) is 3.24. The lowest BCUT2D eigenvalue weighted by atomic mass is 10.2. The van der Waals surface area contributed by atoms with Gasteiger partial charge in [0.15, 0.2) is 0 Å². The molecular weight excluding hydrogens is 206 g/mol. The number of hydrogen-bond donors (Lipinski definition) is 0. The number of fused-ring (bicyclic) bond motifs is 1. The van der Waals surface area contributed by atoms with Gasteiger partial charge in [0, 0.05) is 17.6 Å². The molecule has 0 bridgehead atoms. The molecule has 84 valence electrons. The number of methoxy groups -OCH3 is 3. The zero-order valence-electron chi connectivity index (χ0n) is 9.48. The first kappa shape index (κ1) is 10.5. The van der Waals surface area contributed by atoms with Gasteiger partial charge in [0.25, 0.3) is 0 Å². The van der Waals surface area contributed by atoms with Gasteiger partial charge in [-0.2, -0.15) is 0 Å². The Morgan fingerprint density at radius 2 is 1.69 bits per heavy atom. The van der Waals surface area contributed by atoms with Crippen molar-refractivity contribution in [3.05, 3.63) is 24.4 Å². The lowest BCUT2D eigenvalue weighted by molar-refractivity contribution is 0.395. The Labute approximate surface area is 93.8 Å². The summed E-state index contributed by atoms with van der Waals surface area (Å²) >= 11 is 0. The summed E-state index contributed by atoms with van der Waals surface area (Å²) in [5.41, 5.74) is 0.766. The van der Waals surface area contributed by atoms with Crippen LogP contribution in [0, 0.1) is 0 Å². The molecule has 0 unspecified atom stereocenters. The number of ether oxygens (including phenoxy) is 3. The first-order valence-corrected chi connectivity index (χ1v) is 4.85. The SMILES string of the molecule is COc1cc(OC)c2nccc(OC)c2c1. The zero-order chi connectivity index (χ0) is 11.5. The minimum absolute atomic E-state index is 0.674. The van der Waals surface area contributed by atoms with Gasteiger partial charge in [-0.25, -0.2) is 0 Å². The molecule has 0 amide bonds. The molecule has 4 nitrogen and oxygen atoms in total. The largest absolute Gasteiger partial charge is 0.497 e. The van der Waals surface area contributed by atoms with Crippen LogP contribution in [0.5, 0.6) is 17.2 Å². The summed E-state index contributed by atoms with van der Waals surface area (Å²) in [5.74, 6) is 2.14. The number of aromatic nitrogens is 1. The minimum Gasteiger partial charge on any atom is -0.497 e. The molecule has 0 aliphatic rings. The molecule has 4 heteroatoms. The van der Waals surface area contributed by atoms with Crippen LogP contribution in [0.25, 0.3) is 10.9 Å². The van der Waals surface area contributed by atoms with E-state index in [1.165, 1.54) is 0 Å². The highest BCUT2D eigenvalue weighted by atomic mass is 16.5. The van der Waals surface area contributed by atoms with Crippen molar-refractivity contribution in [1.29, 1.82) is 0 Å². The van der Waals surface area contributed by atoms with Gasteiger partial charge in [-0.05, 0) is 12.1 Å². The van der Waals surface area contributed by atoms with Crippen molar-refractivity contribution >= 4 is 10.9 Å². The van der Waals surface area contributed by atoms with Gasteiger partial charge >= 0.3 is 0 Å². The molecule has 0 aliphatic carbocycles. The Bertz CT molecular complexity index is 511. The van der Waals surface area contributed by atoms with Crippen molar-refractivity contribution in [3.8, 4) is 17.2 Å². The summed E-state index contributed by atoms with van der Waals surface area (Å²) in [6, 6.07) is 5.49. The van der Waals surface area contributed by atoms with E-state index in [4.69, 9.17) is 14.2 Å². The quantitative estimate of drug-likeness (QED) is 0.794. The highest BCUT2D eigenvalue weighted by Crippen LogP contribution is 2.34. The number of pyridine rings is 1. The molecule has 0 atom stereocenters. The van der Waals surface area contributed by atoms with Crippen molar-refractivity contribution in [2.75, 3.05) is 21.3 Å². The zero-order valence-corrected chi connectivity index (χ0v) is 9.48. The Morgan fingerprint density at radius 3 is 2.31 bits per heavy atom. The van der Waals surface area contributed by atoms with E-state index in [2.05, 4.69) is 4.98 Å². The molecule has 2 aromatic rings. The third-order valence-corrected chi connectivity index (χ3v) is 2.42. The number of benzene rings is 1. The van der Waals surface area contributed by atoms with Crippen molar-refractivity contribution in [2.45, 2.75) is 0 Å². The fraction of sp³-hybridized carbons (Fsp3) is 0.250. The standard InChI is InChI=1S/C12H13NO3/c1-14-8-6-9-10(15-2)4-5-13-12(9)11(7-8)16-3/h4-7H,1-3H3. The summed E-state index contributed by atoms with van der Waals surface area (Å²) in [7, 11) is 4.85. The third-order valence-electron chi connectivity index (χ3n) is 2.42. The maximum Gasteiger partial charge on any atom is 0.148 e. The fourth-order valence-corrected chi connectivity index (χ4v) is 1.62.